The van der Waals surface area contributed by atoms with Crippen molar-refractivity contribution >= 4 is 34.2 Å². The number of anilines is 1. The first-order valence-electron chi connectivity index (χ1n) is 7.12. The van der Waals surface area contributed by atoms with Crippen LogP contribution in [0.4, 0.5) is 18.9 Å². The van der Waals surface area contributed by atoms with Gasteiger partial charge in [0.25, 0.3) is 5.56 Å². The summed E-state index contributed by atoms with van der Waals surface area (Å²) < 4.78 is 39.0. The van der Waals surface area contributed by atoms with Gasteiger partial charge in [-0.3, -0.25) is 9.59 Å². The molecule has 3 rings (SSSR count). The maximum absolute atomic E-state index is 12.8. The monoisotopic (exact) mass is 386 g/mol. The van der Waals surface area contributed by atoms with Gasteiger partial charge in [-0.2, -0.15) is 13.2 Å². The van der Waals surface area contributed by atoms with Crippen molar-refractivity contribution in [2.45, 2.75) is 12.7 Å². The normalized spacial score (nSPS) is 11.7. The van der Waals surface area contributed by atoms with Crippen LogP contribution in [0.1, 0.15) is 5.56 Å². The number of carbonyl (C=O) groups is 1. The Bertz CT molecular complexity index is 1110. The fraction of sp³-hybridized carbons (Fsp3) is 0.133. The van der Waals surface area contributed by atoms with Crippen molar-refractivity contribution < 1.29 is 18.0 Å². The van der Waals surface area contributed by atoms with E-state index in [4.69, 9.17) is 11.6 Å². The van der Waals surface area contributed by atoms with E-state index in [1.807, 2.05) is 0 Å². The summed E-state index contributed by atoms with van der Waals surface area (Å²) >= 11 is 5.53. The van der Waals surface area contributed by atoms with Crippen LogP contribution in [0.3, 0.4) is 0 Å². The second kappa shape index (κ2) is 6.37. The minimum Gasteiger partial charge on any atom is -0.324 e. The largest absolute Gasteiger partial charge is 0.417 e. The Hall–Kier alpha value is -3.01. The Morgan fingerprint density at radius 3 is 2.54 bits per heavy atom. The number of imidazole rings is 1. The molecule has 0 aliphatic carbocycles. The zero-order valence-corrected chi connectivity index (χ0v) is 13.5. The van der Waals surface area contributed by atoms with Gasteiger partial charge >= 0.3 is 11.9 Å². The quantitative estimate of drug-likeness (QED) is 0.644. The van der Waals surface area contributed by atoms with E-state index in [1.54, 1.807) is 0 Å². The number of aromatic nitrogens is 3. The van der Waals surface area contributed by atoms with Crippen LogP contribution in [0.25, 0.3) is 11.0 Å². The van der Waals surface area contributed by atoms with Gasteiger partial charge < -0.3 is 19.9 Å². The zero-order valence-electron chi connectivity index (χ0n) is 12.8. The van der Waals surface area contributed by atoms with Gasteiger partial charge in [0.2, 0.25) is 5.91 Å². The molecule has 7 nitrogen and oxygen atoms in total. The van der Waals surface area contributed by atoms with Gasteiger partial charge in [-0.1, -0.05) is 11.6 Å². The molecule has 1 amide bonds. The molecule has 0 aliphatic heterocycles. The summed E-state index contributed by atoms with van der Waals surface area (Å²) in [5.74, 6) is -0.736. The highest BCUT2D eigenvalue weighted by atomic mass is 35.5. The number of H-pyrrole nitrogens is 2. The summed E-state index contributed by atoms with van der Waals surface area (Å²) in [6, 6.07) is 5.00. The van der Waals surface area contributed by atoms with Crippen molar-refractivity contribution in [3.8, 4) is 0 Å². The lowest BCUT2D eigenvalue weighted by molar-refractivity contribution is -0.138. The maximum Gasteiger partial charge on any atom is 0.417 e. The Kier molecular flexibility index (Phi) is 4.36. The molecule has 136 valence electrons. The number of halogens is 4. The maximum atomic E-state index is 12.8. The van der Waals surface area contributed by atoms with Crippen molar-refractivity contribution in [2.24, 2.45) is 0 Å². The highest BCUT2D eigenvalue weighted by Gasteiger charge is 2.32. The number of benzene rings is 1. The first-order valence-corrected chi connectivity index (χ1v) is 7.50. The van der Waals surface area contributed by atoms with Crippen LogP contribution in [-0.2, 0) is 17.5 Å². The Morgan fingerprint density at radius 2 is 1.85 bits per heavy atom. The van der Waals surface area contributed by atoms with Crippen LogP contribution >= 0.6 is 11.6 Å². The molecule has 3 N–H and O–H groups in total. The molecule has 0 aliphatic rings. The Labute approximate surface area is 147 Å². The Balaban J connectivity index is 1.84. The van der Waals surface area contributed by atoms with E-state index in [9.17, 15) is 27.6 Å². The van der Waals surface area contributed by atoms with Crippen LogP contribution in [0, 0.1) is 0 Å². The number of hydrogen-bond donors (Lipinski definition) is 3. The second-order valence-corrected chi connectivity index (χ2v) is 5.80. The molecule has 0 saturated heterocycles. The van der Waals surface area contributed by atoms with Crippen LogP contribution < -0.4 is 16.6 Å². The summed E-state index contributed by atoms with van der Waals surface area (Å²) in [4.78, 5) is 40.2. The van der Waals surface area contributed by atoms with Gasteiger partial charge in [0, 0.05) is 11.9 Å². The molecule has 0 bridgehead atoms. The van der Waals surface area contributed by atoms with Crippen molar-refractivity contribution in [1.29, 1.82) is 0 Å². The first kappa shape index (κ1) is 17.8. The molecule has 0 spiro atoms. The molecule has 0 radical (unpaired) electrons. The fourth-order valence-corrected chi connectivity index (χ4v) is 2.56. The van der Waals surface area contributed by atoms with Crippen LogP contribution in [-0.4, -0.2) is 20.4 Å². The number of hydrogen-bond acceptors (Lipinski definition) is 3. The molecule has 3 aromatic rings. The lowest BCUT2D eigenvalue weighted by Gasteiger charge is -2.12. The van der Waals surface area contributed by atoms with E-state index >= 15 is 0 Å². The highest BCUT2D eigenvalue weighted by molar-refractivity contribution is 6.30. The lowest BCUT2D eigenvalue weighted by Crippen LogP contribution is -2.29. The molecule has 26 heavy (non-hydrogen) atoms. The number of carbonyl (C=O) groups excluding carboxylic acids is 1. The lowest BCUT2D eigenvalue weighted by atomic mass is 10.2. The number of nitrogens with zero attached hydrogens (tertiary/aromatic N) is 1. The highest BCUT2D eigenvalue weighted by Crippen LogP contribution is 2.29. The molecule has 2 aromatic heterocycles. The van der Waals surface area contributed by atoms with Crippen LogP contribution in [0.5, 0.6) is 0 Å². The van der Waals surface area contributed by atoms with Crippen LogP contribution in [0.2, 0.25) is 5.02 Å². The second-order valence-electron chi connectivity index (χ2n) is 5.40. The summed E-state index contributed by atoms with van der Waals surface area (Å²) in [7, 11) is 0. The molecule has 0 unspecified atom stereocenters. The first-order chi connectivity index (χ1) is 12.1. The van der Waals surface area contributed by atoms with Crippen molar-refractivity contribution in [2.75, 3.05) is 5.32 Å². The number of rotatable bonds is 3. The predicted molar refractivity (Wildman–Crippen MR) is 88.3 cm³/mol. The number of pyridine rings is 1. The average Bonchev–Trinajstić information content (AvgIpc) is 2.89. The van der Waals surface area contributed by atoms with E-state index < -0.39 is 40.5 Å². The summed E-state index contributed by atoms with van der Waals surface area (Å²) in [6.45, 7) is -0.663. The van der Waals surface area contributed by atoms with E-state index in [0.29, 0.717) is 33.6 Å². The zero-order chi connectivity index (χ0) is 19.1. The minimum absolute atomic E-state index is 0.295. The molecule has 0 atom stereocenters. The third kappa shape index (κ3) is 3.64. The van der Waals surface area contributed by atoms with Gasteiger partial charge in [-0.15, -0.1) is 0 Å². The summed E-state index contributed by atoms with van der Waals surface area (Å²) in [6.07, 6.45) is -4.18. The molecule has 0 saturated carbocycles. The van der Waals surface area contributed by atoms with Gasteiger partial charge in [0.15, 0.2) is 0 Å². The van der Waals surface area contributed by atoms with Gasteiger partial charge in [0.05, 0.1) is 16.6 Å². The molecular formula is C15H10ClF3N4O3. The molecule has 1 aromatic carbocycles. The fourth-order valence-electron chi connectivity index (χ4n) is 2.34. The standard InChI is InChI=1S/C15H10ClF3N4O3/c16-9-3-7(15(17,18)19)5-23(13(9)25)6-12(24)20-8-1-2-10-11(4-8)22-14(26)21-10/h1-5H,6H2,(H,20,24)(H2,21,22,26). The van der Waals surface area contributed by atoms with E-state index in [1.165, 1.54) is 18.2 Å². The summed E-state index contributed by atoms with van der Waals surface area (Å²) in [5.41, 5.74) is -1.22. The SMILES string of the molecule is O=C(Cn1cc(C(F)(F)F)cc(Cl)c1=O)Nc1ccc2[nH]c(=O)[nH]c2c1. The number of nitrogens with one attached hydrogen (secondary N) is 3. The number of alkyl halides is 3. The van der Waals surface area contributed by atoms with Crippen molar-refractivity contribution in [3.05, 3.63) is 61.9 Å². The molecular weight excluding hydrogens is 377 g/mol. The van der Waals surface area contributed by atoms with E-state index in [0.717, 1.165) is 0 Å². The number of fused-ring (bicyclic) bond motifs is 1. The molecule has 2 heterocycles. The molecule has 0 fully saturated rings. The number of amides is 1. The van der Waals surface area contributed by atoms with Gasteiger partial charge in [-0.05, 0) is 24.3 Å². The third-order valence-corrected chi connectivity index (χ3v) is 3.75. The van der Waals surface area contributed by atoms with Crippen LogP contribution in [0.15, 0.2) is 40.1 Å². The third-order valence-electron chi connectivity index (χ3n) is 3.48. The number of aromatic amines is 2. The average molecular weight is 387 g/mol. The van der Waals surface area contributed by atoms with Crippen molar-refractivity contribution in [1.82, 2.24) is 14.5 Å². The summed E-state index contributed by atoms with van der Waals surface area (Å²) in [5, 5.41) is 1.80. The topological polar surface area (TPSA) is 99.8 Å². The van der Waals surface area contributed by atoms with Crippen molar-refractivity contribution in [3.63, 3.8) is 0 Å². The smallest absolute Gasteiger partial charge is 0.324 e. The molecule has 11 heteroatoms. The van der Waals surface area contributed by atoms with E-state index in [-0.39, 0.29) is 0 Å². The Morgan fingerprint density at radius 1 is 1.15 bits per heavy atom. The van der Waals surface area contributed by atoms with Gasteiger partial charge in [-0.25, -0.2) is 4.79 Å². The van der Waals surface area contributed by atoms with Gasteiger partial charge in [0.1, 0.15) is 11.6 Å². The van der Waals surface area contributed by atoms with E-state index in [2.05, 4.69) is 15.3 Å². The minimum atomic E-state index is -4.71. The predicted octanol–water partition coefficient (Wildman–Crippen LogP) is 2.33.